The number of fused-ring (bicyclic) bond motifs is 1. The molecular weight excluding hydrogens is 388 g/mol. The molecule has 2 aromatic carbocycles. The van der Waals surface area contributed by atoms with Gasteiger partial charge < -0.3 is 9.64 Å². The summed E-state index contributed by atoms with van der Waals surface area (Å²) in [6.45, 7) is 1.94. The lowest BCUT2D eigenvalue weighted by Crippen LogP contribution is -2.34. The van der Waals surface area contributed by atoms with E-state index < -0.39 is 15.3 Å². The Kier molecular flexibility index (Phi) is 5.61. The Morgan fingerprint density at radius 1 is 1.07 bits per heavy atom. The molecule has 0 aromatic heterocycles. The van der Waals surface area contributed by atoms with E-state index in [4.69, 9.17) is 4.74 Å². The van der Waals surface area contributed by atoms with E-state index in [-0.39, 0.29) is 11.8 Å². The highest BCUT2D eigenvalue weighted by Gasteiger charge is 2.47. The van der Waals surface area contributed by atoms with E-state index in [2.05, 4.69) is 0 Å². The number of benzene rings is 2. The van der Waals surface area contributed by atoms with E-state index >= 15 is 0 Å². The average Bonchev–Trinajstić information content (AvgIpc) is 2.88. The lowest BCUT2D eigenvalue weighted by molar-refractivity contribution is 0.0759. The lowest BCUT2D eigenvalue weighted by Gasteiger charge is -2.22. The van der Waals surface area contributed by atoms with E-state index in [9.17, 15) is 13.2 Å². The summed E-state index contributed by atoms with van der Waals surface area (Å²) in [5.41, 5.74) is 1.58. The van der Waals surface area contributed by atoms with Gasteiger partial charge in [0, 0.05) is 31.7 Å². The van der Waals surface area contributed by atoms with Gasteiger partial charge in [-0.05, 0) is 48.6 Å². The lowest BCUT2D eigenvalue weighted by atomic mass is 10.0. The molecule has 0 saturated carbocycles. The minimum Gasteiger partial charge on any atom is -0.497 e. The highest BCUT2D eigenvalue weighted by Crippen LogP contribution is 2.35. The monoisotopic (exact) mass is 414 g/mol. The highest BCUT2D eigenvalue weighted by atomic mass is 32.2. The minimum atomic E-state index is -3.39. The molecule has 2 fully saturated rings. The first-order valence-electron chi connectivity index (χ1n) is 9.95. The van der Waals surface area contributed by atoms with Crippen LogP contribution in [-0.2, 0) is 16.6 Å². The number of carbonyl (C=O) groups is 1. The molecule has 7 heteroatoms. The number of methoxy groups -OCH3 is 1. The summed E-state index contributed by atoms with van der Waals surface area (Å²) in [5.74, 6) is 0.763. The van der Waals surface area contributed by atoms with Crippen molar-refractivity contribution in [3.8, 4) is 5.75 Å². The number of hydrogen-bond donors (Lipinski definition) is 0. The van der Waals surface area contributed by atoms with Gasteiger partial charge in [-0.2, -0.15) is 4.31 Å². The normalized spacial score (nSPS) is 24.0. The van der Waals surface area contributed by atoms with Gasteiger partial charge in [-0.25, -0.2) is 8.42 Å². The van der Waals surface area contributed by atoms with Crippen LogP contribution in [0, 0.1) is 5.92 Å². The second-order valence-electron chi connectivity index (χ2n) is 7.72. The van der Waals surface area contributed by atoms with Gasteiger partial charge >= 0.3 is 0 Å². The molecule has 29 heavy (non-hydrogen) atoms. The van der Waals surface area contributed by atoms with Crippen molar-refractivity contribution in [1.29, 1.82) is 0 Å². The molecule has 2 aliphatic heterocycles. The summed E-state index contributed by atoms with van der Waals surface area (Å²) < 4.78 is 33.2. The first-order valence-corrected chi connectivity index (χ1v) is 11.5. The molecule has 0 aliphatic carbocycles. The van der Waals surface area contributed by atoms with Crippen LogP contribution in [0.15, 0.2) is 54.6 Å². The zero-order valence-corrected chi connectivity index (χ0v) is 17.3. The Hall–Kier alpha value is -2.38. The van der Waals surface area contributed by atoms with Crippen molar-refractivity contribution in [1.82, 2.24) is 9.21 Å². The van der Waals surface area contributed by atoms with Crippen molar-refractivity contribution < 1.29 is 17.9 Å². The first kappa shape index (κ1) is 19.9. The minimum absolute atomic E-state index is 0.0174. The molecule has 2 atom stereocenters. The van der Waals surface area contributed by atoms with Crippen LogP contribution in [0.2, 0.25) is 0 Å². The maximum absolute atomic E-state index is 13.2. The number of ether oxygens (including phenoxy) is 1. The zero-order chi connectivity index (χ0) is 20.4. The molecule has 154 valence electrons. The molecule has 0 bridgehead atoms. The fraction of sp³-hybridized carbons (Fsp3) is 0.409. The molecule has 2 heterocycles. The second-order valence-corrected chi connectivity index (χ2v) is 9.87. The third-order valence-electron chi connectivity index (χ3n) is 5.96. The third-order valence-corrected chi connectivity index (χ3v) is 8.34. The molecule has 0 spiro atoms. The van der Waals surface area contributed by atoms with E-state index in [1.54, 1.807) is 28.4 Å². The molecule has 2 aliphatic rings. The summed E-state index contributed by atoms with van der Waals surface area (Å²) in [5, 5.41) is -0.415. The summed E-state index contributed by atoms with van der Waals surface area (Å²) >= 11 is 0. The number of likely N-dealkylation sites (tertiary alicyclic amines) is 1. The Morgan fingerprint density at radius 3 is 2.59 bits per heavy atom. The van der Waals surface area contributed by atoms with Gasteiger partial charge in [0.25, 0.3) is 5.91 Å². The van der Waals surface area contributed by atoms with Gasteiger partial charge in [0.2, 0.25) is 10.0 Å². The number of hydrogen-bond acceptors (Lipinski definition) is 4. The van der Waals surface area contributed by atoms with Gasteiger partial charge in [0.1, 0.15) is 5.75 Å². The Morgan fingerprint density at radius 2 is 1.83 bits per heavy atom. The molecule has 0 radical (unpaired) electrons. The van der Waals surface area contributed by atoms with Crippen molar-refractivity contribution in [3.63, 3.8) is 0 Å². The van der Waals surface area contributed by atoms with Crippen molar-refractivity contribution in [2.24, 2.45) is 5.92 Å². The first-order chi connectivity index (χ1) is 14.0. The molecule has 1 amide bonds. The number of rotatable bonds is 4. The van der Waals surface area contributed by atoms with E-state index in [1.807, 2.05) is 42.5 Å². The molecule has 4 rings (SSSR count). The molecular formula is C22H26N2O4S. The number of amides is 1. The maximum Gasteiger partial charge on any atom is 0.253 e. The average molecular weight is 415 g/mol. The Balaban J connectivity index is 1.46. The predicted octanol–water partition coefficient (Wildman–Crippen LogP) is 2.76. The second kappa shape index (κ2) is 8.16. The van der Waals surface area contributed by atoms with Crippen LogP contribution in [0.3, 0.4) is 0 Å². The fourth-order valence-corrected chi connectivity index (χ4v) is 6.61. The fourth-order valence-electron chi connectivity index (χ4n) is 4.39. The summed E-state index contributed by atoms with van der Waals surface area (Å²) in [4.78, 5) is 14.6. The van der Waals surface area contributed by atoms with Crippen LogP contribution >= 0.6 is 0 Å². The van der Waals surface area contributed by atoms with Gasteiger partial charge in [-0.1, -0.05) is 30.3 Å². The Bertz CT molecular complexity index is 977. The van der Waals surface area contributed by atoms with Crippen LogP contribution in [-0.4, -0.2) is 55.5 Å². The molecule has 0 N–H and O–H groups in total. The van der Waals surface area contributed by atoms with Crippen molar-refractivity contribution in [2.45, 2.75) is 24.6 Å². The van der Waals surface area contributed by atoms with Crippen LogP contribution < -0.4 is 4.74 Å². The Labute approximate surface area is 172 Å². The highest BCUT2D eigenvalue weighted by molar-refractivity contribution is 7.90. The van der Waals surface area contributed by atoms with E-state index in [0.717, 1.165) is 11.3 Å². The van der Waals surface area contributed by atoms with Crippen molar-refractivity contribution >= 4 is 15.9 Å². The SMILES string of the molecule is COc1cccc(CN2C[C@H]3CCN(C(=O)c4ccccc4)CC[C@H]3S2(=O)=O)c1. The molecule has 2 aromatic rings. The van der Waals surface area contributed by atoms with Gasteiger partial charge in [-0.3, -0.25) is 4.79 Å². The smallest absolute Gasteiger partial charge is 0.253 e. The molecule has 2 saturated heterocycles. The maximum atomic E-state index is 13.2. The van der Waals surface area contributed by atoms with Crippen LogP contribution in [0.5, 0.6) is 5.75 Å². The van der Waals surface area contributed by atoms with E-state index in [1.165, 1.54) is 0 Å². The predicted molar refractivity (Wildman–Crippen MR) is 111 cm³/mol. The topological polar surface area (TPSA) is 66.9 Å². The molecule has 0 unspecified atom stereocenters. The molecule has 6 nitrogen and oxygen atoms in total. The van der Waals surface area contributed by atoms with Crippen LogP contribution in [0.1, 0.15) is 28.8 Å². The van der Waals surface area contributed by atoms with Crippen molar-refractivity contribution in [3.05, 3.63) is 65.7 Å². The van der Waals surface area contributed by atoms with Crippen molar-refractivity contribution in [2.75, 3.05) is 26.7 Å². The van der Waals surface area contributed by atoms with Gasteiger partial charge in [0.05, 0.1) is 12.4 Å². The standard InChI is InChI=1S/C22H26N2O4S/c1-28-20-9-5-6-17(14-20)15-24-16-19-10-12-23(13-11-21(19)29(24,26)27)22(25)18-7-3-2-4-8-18/h2-9,14,19,21H,10-13,15-16H2,1H3/t19-,21-/m1/s1. The van der Waals surface area contributed by atoms with Gasteiger partial charge in [-0.15, -0.1) is 0 Å². The van der Waals surface area contributed by atoms with Crippen LogP contribution in [0.25, 0.3) is 0 Å². The van der Waals surface area contributed by atoms with Gasteiger partial charge in [0.15, 0.2) is 0 Å². The quantitative estimate of drug-likeness (QED) is 0.772. The summed E-state index contributed by atoms with van der Waals surface area (Å²) in [6.07, 6.45) is 1.19. The van der Waals surface area contributed by atoms with Crippen LogP contribution in [0.4, 0.5) is 0 Å². The summed E-state index contributed by atoms with van der Waals surface area (Å²) in [7, 11) is -1.78. The zero-order valence-electron chi connectivity index (χ0n) is 16.5. The largest absolute Gasteiger partial charge is 0.497 e. The number of carbonyl (C=O) groups excluding carboxylic acids is 1. The number of sulfonamides is 1. The van der Waals surface area contributed by atoms with E-state index in [0.29, 0.717) is 44.6 Å². The summed E-state index contributed by atoms with van der Waals surface area (Å²) in [6, 6.07) is 16.7. The number of nitrogens with zero attached hydrogens (tertiary/aromatic N) is 2. The third kappa shape index (κ3) is 4.02.